The topological polar surface area (TPSA) is 68.0 Å². The number of carbonyl (C=O) groups is 1. The zero-order valence-electron chi connectivity index (χ0n) is 13.6. The number of nitrogens with two attached hydrogens (primary N) is 1. The van der Waals surface area contributed by atoms with E-state index in [-0.39, 0.29) is 18.3 Å². The summed E-state index contributed by atoms with van der Waals surface area (Å²) in [6, 6.07) is 13.8. The Morgan fingerprint density at radius 3 is 2.70 bits per heavy atom. The Kier molecular flexibility index (Phi) is 7.20. The van der Waals surface area contributed by atoms with Crippen LogP contribution < -0.4 is 11.1 Å². The second-order valence-corrected chi connectivity index (χ2v) is 5.77. The smallest absolute Gasteiger partial charge is 0.240 e. The molecule has 1 atom stereocenters. The number of hydrogen-bond acceptors (Lipinski definition) is 3. The quantitative estimate of drug-likeness (QED) is 0.852. The molecule has 124 valence electrons. The van der Waals surface area contributed by atoms with Crippen molar-refractivity contribution < 1.29 is 4.79 Å². The minimum Gasteiger partial charge on any atom is -0.350 e. The minimum atomic E-state index is -0.812. The summed E-state index contributed by atoms with van der Waals surface area (Å²) < 4.78 is 0. The van der Waals surface area contributed by atoms with Crippen molar-refractivity contribution in [3.63, 3.8) is 0 Å². The molecule has 0 aliphatic rings. The van der Waals surface area contributed by atoms with Crippen molar-refractivity contribution in [2.75, 3.05) is 0 Å². The summed E-state index contributed by atoms with van der Waals surface area (Å²) in [5, 5.41) is 2.92. The van der Waals surface area contributed by atoms with Gasteiger partial charge in [-0.05, 0) is 37.1 Å². The fourth-order valence-corrected chi connectivity index (χ4v) is 2.39. The van der Waals surface area contributed by atoms with Crippen LogP contribution in [0.3, 0.4) is 0 Å². The first-order valence-electron chi connectivity index (χ1n) is 7.60. The molecule has 4 nitrogen and oxygen atoms in total. The van der Waals surface area contributed by atoms with Gasteiger partial charge in [-0.15, -0.1) is 12.4 Å². The third-order valence-corrected chi connectivity index (χ3v) is 3.63. The minimum absolute atomic E-state index is 0. The highest BCUT2D eigenvalue weighted by Gasteiger charge is 2.26. The largest absolute Gasteiger partial charge is 0.350 e. The molecule has 23 heavy (non-hydrogen) atoms. The van der Waals surface area contributed by atoms with Crippen molar-refractivity contribution in [1.82, 2.24) is 10.3 Å². The molecule has 0 aliphatic carbocycles. The SMILES string of the molecule is CCCC(C)(N)C(=O)NCc1cccc(-c2ccccn2)c1.Cl. The third kappa shape index (κ3) is 5.34. The molecule has 2 aromatic rings. The van der Waals surface area contributed by atoms with E-state index in [1.807, 2.05) is 49.4 Å². The summed E-state index contributed by atoms with van der Waals surface area (Å²) in [6.45, 7) is 4.26. The molecule has 1 aromatic heterocycles. The molecular formula is C18H24ClN3O. The zero-order valence-corrected chi connectivity index (χ0v) is 14.4. The molecule has 3 N–H and O–H groups in total. The second kappa shape index (κ2) is 8.65. The van der Waals surface area contributed by atoms with Gasteiger partial charge in [0.2, 0.25) is 5.91 Å². The summed E-state index contributed by atoms with van der Waals surface area (Å²) in [4.78, 5) is 16.5. The van der Waals surface area contributed by atoms with E-state index in [1.165, 1.54) is 0 Å². The molecule has 0 spiro atoms. The molecule has 5 heteroatoms. The molecule has 0 radical (unpaired) electrons. The van der Waals surface area contributed by atoms with Crippen LogP contribution in [0, 0.1) is 0 Å². The highest BCUT2D eigenvalue weighted by molar-refractivity contribution is 5.85. The van der Waals surface area contributed by atoms with E-state index in [0.29, 0.717) is 13.0 Å². The fraction of sp³-hybridized carbons (Fsp3) is 0.333. The van der Waals surface area contributed by atoms with Gasteiger partial charge in [0, 0.05) is 18.3 Å². The van der Waals surface area contributed by atoms with Crippen molar-refractivity contribution in [2.24, 2.45) is 5.73 Å². The molecule has 2 rings (SSSR count). The van der Waals surface area contributed by atoms with Gasteiger partial charge >= 0.3 is 0 Å². The Labute approximate surface area is 143 Å². The number of nitrogens with zero attached hydrogens (tertiary/aromatic N) is 1. The average molecular weight is 334 g/mol. The maximum Gasteiger partial charge on any atom is 0.240 e. The number of halogens is 1. The number of benzene rings is 1. The monoisotopic (exact) mass is 333 g/mol. The first kappa shape index (κ1) is 19.1. The van der Waals surface area contributed by atoms with E-state index < -0.39 is 5.54 Å². The van der Waals surface area contributed by atoms with Gasteiger partial charge in [0.25, 0.3) is 0 Å². The van der Waals surface area contributed by atoms with Gasteiger partial charge in [0.15, 0.2) is 0 Å². The molecule has 0 aliphatic heterocycles. The number of nitrogens with one attached hydrogen (secondary N) is 1. The summed E-state index contributed by atoms with van der Waals surface area (Å²) in [6.07, 6.45) is 3.33. The summed E-state index contributed by atoms with van der Waals surface area (Å²) in [7, 11) is 0. The van der Waals surface area contributed by atoms with Crippen molar-refractivity contribution in [1.29, 1.82) is 0 Å². The average Bonchev–Trinajstić information content (AvgIpc) is 2.53. The molecule has 0 saturated heterocycles. The van der Waals surface area contributed by atoms with Crippen LogP contribution in [-0.4, -0.2) is 16.4 Å². The van der Waals surface area contributed by atoms with E-state index in [0.717, 1.165) is 23.2 Å². The van der Waals surface area contributed by atoms with Crippen LogP contribution in [0.4, 0.5) is 0 Å². The van der Waals surface area contributed by atoms with Crippen LogP contribution >= 0.6 is 12.4 Å². The number of rotatable bonds is 6. The molecule has 0 saturated carbocycles. The first-order valence-corrected chi connectivity index (χ1v) is 7.60. The van der Waals surface area contributed by atoms with Crippen molar-refractivity contribution in [3.8, 4) is 11.3 Å². The second-order valence-electron chi connectivity index (χ2n) is 5.77. The van der Waals surface area contributed by atoms with Crippen LogP contribution in [0.1, 0.15) is 32.3 Å². The maximum atomic E-state index is 12.1. The van der Waals surface area contributed by atoms with E-state index >= 15 is 0 Å². The van der Waals surface area contributed by atoms with E-state index in [4.69, 9.17) is 5.73 Å². The van der Waals surface area contributed by atoms with Crippen molar-refractivity contribution >= 4 is 18.3 Å². The molecule has 1 amide bonds. The lowest BCUT2D eigenvalue weighted by Gasteiger charge is -2.22. The Hall–Kier alpha value is -1.91. The van der Waals surface area contributed by atoms with Gasteiger partial charge < -0.3 is 11.1 Å². The summed E-state index contributed by atoms with van der Waals surface area (Å²) in [5.74, 6) is -0.113. The normalized spacial score (nSPS) is 12.8. The highest BCUT2D eigenvalue weighted by atomic mass is 35.5. The first-order chi connectivity index (χ1) is 10.5. The summed E-state index contributed by atoms with van der Waals surface area (Å²) >= 11 is 0. The summed E-state index contributed by atoms with van der Waals surface area (Å²) in [5.41, 5.74) is 8.21. The fourth-order valence-electron chi connectivity index (χ4n) is 2.39. The van der Waals surface area contributed by atoms with Crippen LogP contribution in [0.15, 0.2) is 48.7 Å². The Morgan fingerprint density at radius 1 is 1.26 bits per heavy atom. The predicted molar refractivity (Wildman–Crippen MR) is 96.3 cm³/mol. The Bertz CT molecular complexity index is 629. The number of hydrogen-bond donors (Lipinski definition) is 2. The lowest BCUT2D eigenvalue weighted by molar-refractivity contribution is -0.126. The van der Waals surface area contributed by atoms with Crippen molar-refractivity contribution in [3.05, 3.63) is 54.2 Å². The van der Waals surface area contributed by atoms with Gasteiger partial charge in [-0.1, -0.05) is 37.6 Å². The molecule has 1 unspecified atom stereocenters. The molecular weight excluding hydrogens is 310 g/mol. The maximum absolute atomic E-state index is 12.1. The van der Waals surface area contributed by atoms with Gasteiger partial charge in [-0.25, -0.2) is 0 Å². The third-order valence-electron chi connectivity index (χ3n) is 3.63. The van der Waals surface area contributed by atoms with Crippen LogP contribution in [0.5, 0.6) is 0 Å². The Balaban J connectivity index is 0.00000264. The molecule has 0 bridgehead atoms. The Morgan fingerprint density at radius 2 is 2.04 bits per heavy atom. The lowest BCUT2D eigenvalue weighted by atomic mass is 9.96. The van der Waals surface area contributed by atoms with Crippen LogP contribution in [-0.2, 0) is 11.3 Å². The van der Waals surface area contributed by atoms with E-state index in [2.05, 4.69) is 10.3 Å². The van der Waals surface area contributed by atoms with Gasteiger partial charge in [-0.3, -0.25) is 9.78 Å². The highest BCUT2D eigenvalue weighted by Crippen LogP contribution is 2.18. The van der Waals surface area contributed by atoms with Crippen LogP contribution in [0.2, 0.25) is 0 Å². The van der Waals surface area contributed by atoms with E-state index in [1.54, 1.807) is 13.1 Å². The predicted octanol–water partition coefficient (Wildman–Crippen LogP) is 3.30. The number of aromatic nitrogens is 1. The number of amides is 1. The number of carbonyl (C=O) groups excluding carboxylic acids is 1. The molecule has 1 heterocycles. The standard InChI is InChI=1S/C18H23N3O.ClH/c1-3-10-18(2,19)17(22)21-13-14-7-6-8-15(12-14)16-9-4-5-11-20-16;/h4-9,11-12H,3,10,13,19H2,1-2H3,(H,21,22);1H. The lowest BCUT2D eigenvalue weighted by Crippen LogP contribution is -2.51. The van der Waals surface area contributed by atoms with Gasteiger partial charge in [0.05, 0.1) is 11.2 Å². The van der Waals surface area contributed by atoms with E-state index in [9.17, 15) is 4.79 Å². The van der Waals surface area contributed by atoms with Crippen LogP contribution in [0.25, 0.3) is 11.3 Å². The zero-order chi connectivity index (χ0) is 16.0. The van der Waals surface area contributed by atoms with Gasteiger partial charge in [-0.2, -0.15) is 0 Å². The molecule has 0 fully saturated rings. The van der Waals surface area contributed by atoms with Crippen molar-refractivity contribution in [2.45, 2.75) is 38.8 Å². The molecule has 1 aromatic carbocycles. The number of pyridine rings is 1. The van der Waals surface area contributed by atoms with Gasteiger partial charge in [0.1, 0.15) is 0 Å².